The standard InChI is InChI=1S/C19H27N5O.2ClH/c1-13(16-5-4-8-20-11-16)9-19(25)22-17-6-7-18(21-12-17)24-15(3)10-14(2)23-24;;/h6-7,10,12-13,16,20H,4-5,8-9,11H2,1-3H3,(H,22,25);2*1H. The molecule has 0 bridgehead atoms. The van der Waals surface area contributed by atoms with Crippen LogP contribution < -0.4 is 10.6 Å². The van der Waals surface area contributed by atoms with E-state index in [-0.39, 0.29) is 30.7 Å². The van der Waals surface area contributed by atoms with E-state index < -0.39 is 0 Å². The van der Waals surface area contributed by atoms with E-state index in [2.05, 4.69) is 27.6 Å². The van der Waals surface area contributed by atoms with Gasteiger partial charge in [-0.2, -0.15) is 5.10 Å². The lowest BCUT2D eigenvalue weighted by atomic mass is 9.85. The van der Waals surface area contributed by atoms with Gasteiger partial charge in [0.05, 0.1) is 17.6 Å². The highest BCUT2D eigenvalue weighted by atomic mass is 35.5. The number of carbonyl (C=O) groups excluding carboxylic acids is 1. The number of aryl methyl sites for hydroxylation is 2. The molecule has 1 fully saturated rings. The number of amides is 1. The second kappa shape index (κ2) is 10.6. The third-order valence-electron chi connectivity index (χ3n) is 4.91. The van der Waals surface area contributed by atoms with Gasteiger partial charge in [-0.3, -0.25) is 4.79 Å². The molecule has 0 aromatic carbocycles. The molecule has 27 heavy (non-hydrogen) atoms. The fraction of sp³-hybridized carbons (Fsp3) is 0.526. The maximum absolute atomic E-state index is 12.3. The molecule has 2 unspecified atom stereocenters. The van der Waals surface area contributed by atoms with Gasteiger partial charge >= 0.3 is 0 Å². The van der Waals surface area contributed by atoms with E-state index in [0.717, 1.165) is 36.0 Å². The largest absolute Gasteiger partial charge is 0.325 e. The highest BCUT2D eigenvalue weighted by molar-refractivity contribution is 5.90. The minimum absolute atomic E-state index is 0. The minimum atomic E-state index is 0. The fourth-order valence-corrected chi connectivity index (χ4v) is 3.48. The first-order chi connectivity index (χ1) is 12.0. The number of hydrogen-bond donors (Lipinski definition) is 2. The summed E-state index contributed by atoms with van der Waals surface area (Å²) in [6.07, 6.45) is 4.65. The summed E-state index contributed by atoms with van der Waals surface area (Å²) >= 11 is 0. The Bertz CT molecular complexity index is 726. The van der Waals surface area contributed by atoms with E-state index >= 15 is 0 Å². The topological polar surface area (TPSA) is 71.8 Å². The van der Waals surface area contributed by atoms with E-state index in [1.165, 1.54) is 12.8 Å². The van der Waals surface area contributed by atoms with Crippen LogP contribution >= 0.6 is 24.8 Å². The maximum Gasteiger partial charge on any atom is 0.224 e. The number of nitrogens with zero attached hydrogens (tertiary/aromatic N) is 3. The lowest BCUT2D eigenvalue weighted by Crippen LogP contribution is -2.34. The van der Waals surface area contributed by atoms with Crippen molar-refractivity contribution in [3.63, 3.8) is 0 Å². The van der Waals surface area contributed by atoms with Crippen LogP contribution in [0.2, 0.25) is 0 Å². The van der Waals surface area contributed by atoms with Gasteiger partial charge in [-0.1, -0.05) is 6.92 Å². The summed E-state index contributed by atoms with van der Waals surface area (Å²) < 4.78 is 1.80. The quantitative estimate of drug-likeness (QED) is 0.783. The van der Waals surface area contributed by atoms with E-state index in [9.17, 15) is 4.79 Å². The third-order valence-corrected chi connectivity index (χ3v) is 4.91. The molecule has 150 valence electrons. The second-order valence-corrected chi connectivity index (χ2v) is 7.08. The van der Waals surface area contributed by atoms with Gasteiger partial charge in [-0.05, 0) is 69.8 Å². The molecule has 8 heteroatoms. The molecular weight excluding hydrogens is 385 g/mol. The Labute approximate surface area is 173 Å². The monoisotopic (exact) mass is 413 g/mol. The van der Waals surface area contributed by atoms with E-state index in [4.69, 9.17) is 0 Å². The Morgan fingerprint density at radius 1 is 1.37 bits per heavy atom. The number of anilines is 1. The highest BCUT2D eigenvalue weighted by Crippen LogP contribution is 2.23. The molecule has 1 amide bonds. The number of hydrogen-bond acceptors (Lipinski definition) is 4. The van der Waals surface area contributed by atoms with Gasteiger partial charge in [0, 0.05) is 12.1 Å². The molecule has 0 spiro atoms. The van der Waals surface area contributed by atoms with Crippen molar-refractivity contribution < 1.29 is 4.79 Å². The van der Waals surface area contributed by atoms with Crippen molar-refractivity contribution in [2.24, 2.45) is 11.8 Å². The first-order valence-corrected chi connectivity index (χ1v) is 9.03. The molecule has 1 aliphatic heterocycles. The Balaban J connectivity index is 0.00000182. The summed E-state index contributed by atoms with van der Waals surface area (Å²) in [7, 11) is 0. The third kappa shape index (κ3) is 6.19. The zero-order valence-corrected chi connectivity index (χ0v) is 17.7. The van der Waals surface area contributed by atoms with Crippen LogP contribution in [0.5, 0.6) is 0 Å². The van der Waals surface area contributed by atoms with Gasteiger partial charge in [0.15, 0.2) is 5.82 Å². The molecular formula is C19H29Cl2N5O. The number of nitrogens with one attached hydrogen (secondary N) is 2. The van der Waals surface area contributed by atoms with Crippen LogP contribution in [0.25, 0.3) is 5.82 Å². The normalized spacial score (nSPS) is 17.4. The summed E-state index contributed by atoms with van der Waals surface area (Å²) in [6.45, 7) is 8.25. The van der Waals surface area contributed by atoms with Crippen LogP contribution in [-0.4, -0.2) is 33.8 Å². The molecule has 3 heterocycles. The highest BCUT2D eigenvalue weighted by Gasteiger charge is 2.22. The molecule has 2 aromatic rings. The van der Waals surface area contributed by atoms with Crippen LogP contribution in [0, 0.1) is 25.7 Å². The molecule has 0 aliphatic carbocycles. The summed E-state index contributed by atoms with van der Waals surface area (Å²) in [5.74, 6) is 1.78. The number of piperidine rings is 1. The summed E-state index contributed by atoms with van der Waals surface area (Å²) in [5, 5.41) is 10.8. The predicted molar refractivity (Wildman–Crippen MR) is 113 cm³/mol. The second-order valence-electron chi connectivity index (χ2n) is 7.08. The smallest absolute Gasteiger partial charge is 0.224 e. The first-order valence-electron chi connectivity index (χ1n) is 9.03. The number of rotatable bonds is 5. The van der Waals surface area contributed by atoms with Crippen LogP contribution in [0.3, 0.4) is 0 Å². The molecule has 2 N–H and O–H groups in total. The van der Waals surface area contributed by atoms with Crippen molar-refractivity contribution >= 4 is 36.4 Å². The number of halogens is 2. The molecule has 0 radical (unpaired) electrons. The fourth-order valence-electron chi connectivity index (χ4n) is 3.48. The Kier molecular flexibility index (Phi) is 9.22. The SMILES string of the molecule is Cc1cc(C)n(-c2ccc(NC(=O)CC(C)C3CCCNC3)cn2)n1.Cl.Cl. The molecule has 2 atom stereocenters. The van der Waals surface area contributed by atoms with Crippen molar-refractivity contribution in [2.45, 2.75) is 40.0 Å². The van der Waals surface area contributed by atoms with Crippen molar-refractivity contribution in [1.82, 2.24) is 20.1 Å². The van der Waals surface area contributed by atoms with Crippen molar-refractivity contribution in [1.29, 1.82) is 0 Å². The van der Waals surface area contributed by atoms with Crippen LogP contribution in [0.15, 0.2) is 24.4 Å². The van der Waals surface area contributed by atoms with Gasteiger partial charge in [-0.15, -0.1) is 24.8 Å². The van der Waals surface area contributed by atoms with E-state index in [1.807, 2.05) is 32.0 Å². The molecule has 3 rings (SSSR count). The molecule has 1 saturated heterocycles. The van der Waals surface area contributed by atoms with Crippen LogP contribution in [-0.2, 0) is 4.79 Å². The zero-order chi connectivity index (χ0) is 17.8. The van der Waals surface area contributed by atoms with Crippen molar-refractivity contribution in [2.75, 3.05) is 18.4 Å². The summed E-state index contributed by atoms with van der Waals surface area (Å²) in [6, 6.07) is 5.77. The first kappa shape index (κ1) is 23.4. The van der Waals surface area contributed by atoms with Crippen molar-refractivity contribution in [3.05, 3.63) is 35.8 Å². The lowest BCUT2D eigenvalue weighted by molar-refractivity contribution is -0.117. The maximum atomic E-state index is 12.3. The van der Waals surface area contributed by atoms with Gasteiger partial charge < -0.3 is 10.6 Å². The minimum Gasteiger partial charge on any atom is -0.325 e. The number of aromatic nitrogens is 3. The average Bonchev–Trinajstić information content (AvgIpc) is 2.94. The molecule has 1 aliphatic rings. The Morgan fingerprint density at radius 2 is 2.15 bits per heavy atom. The number of pyridine rings is 1. The van der Waals surface area contributed by atoms with Crippen LogP contribution in [0.4, 0.5) is 5.69 Å². The van der Waals surface area contributed by atoms with Gasteiger partial charge in [-0.25, -0.2) is 9.67 Å². The lowest BCUT2D eigenvalue weighted by Gasteiger charge is -2.28. The Morgan fingerprint density at radius 3 is 2.70 bits per heavy atom. The molecule has 0 saturated carbocycles. The van der Waals surface area contributed by atoms with Gasteiger partial charge in [0.25, 0.3) is 0 Å². The number of carbonyl (C=O) groups is 1. The Hall–Kier alpha value is -1.63. The van der Waals surface area contributed by atoms with Crippen molar-refractivity contribution in [3.8, 4) is 5.82 Å². The van der Waals surface area contributed by atoms with Gasteiger partial charge in [0.1, 0.15) is 0 Å². The van der Waals surface area contributed by atoms with E-state index in [0.29, 0.717) is 18.3 Å². The molecule has 6 nitrogen and oxygen atoms in total. The molecule has 2 aromatic heterocycles. The zero-order valence-electron chi connectivity index (χ0n) is 16.1. The van der Waals surface area contributed by atoms with Gasteiger partial charge in [0.2, 0.25) is 5.91 Å². The van der Waals surface area contributed by atoms with Crippen LogP contribution in [0.1, 0.15) is 37.6 Å². The average molecular weight is 414 g/mol. The summed E-state index contributed by atoms with van der Waals surface area (Å²) in [4.78, 5) is 16.7. The summed E-state index contributed by atoms with van der Waals surface area (Å²) in [5.41, 5.74) is 2.73. The van der Waals surface area contributed by atoms with E-state index in [1.54, 1.807) is 10.9 Å². The predicted octanol–water partition coefficient (Wildman–Crippen LogP) is 3.69.